The maximum atomic E-state index is 13.1. The lowest BCUT2D eigenvalue weighted by atomic mass is 9.97. The highest BCUT2D eigenvalue weighted by molar-refractivity contribution is 5.88. The van der Waals surface area contributed by atoms with Crippen LogP contribution in [0, 0.1) is 0 Å². The maximum absolute atomic E-state index is 13.1. The lowest BCUT2D eigenvalue weighted by molar-refractivity contribution is -0.153. The van der Waals surface area contributed by atoms with Gasteiger partial charge in [0, 0.05) is 36.3 Å². The molecule has 144 valence electrons. The van der Waals surface area contributed by atoms with Crippen LogP contribution in [0.1, 0.15) is 17.9 Å². The predicted octanol–water partition coefficient (Wildman–Crippen LogP) is 3.23. The van der Waals surface area contributed by atoms with Gasteiger partial charge < -0.3 is 10.1 Å². The number of hydrogen-bond donors (Lipinski definition) is 2. The number of H-pyrrole nitrogens is 1. The molecule has 4 aromatic rings. The van der Waals surface area contributed by atoms with Gasteiger partial charge in [-0.2, -0.15) is 18.3 Å². The summed E-state index contributed by atoms with van der Waals surface area (Å²) in [5, 5.41) is 13.2. The van der Waals surface area contributed by atoms with E-state index in [0.717, 1.165) is 16.6 Å². The van der Waals surface area contributed by atoms with Crippen LogP contribution in [0.25, 0.3) is 28.1 Å². The fourth-order valence-electron chi connectivity index (χ4n) is 3.06. The lowest BCUT2D eigenvalue weighted by Gasteiger charge is -2.19. The van der Waals surface area contributed by atoms with Gasteiger partial charge in [0.05, 0.1) is 24.0 Å². The molecule has 0 aromatic carbocycles. The molecule has 2 N–H and O–H groups in total. The molecule has 4 rings (SSSR count). The van der Waals surface area contributed by atoms with E-state index in [1.54, 1.807) is 24.9 Å². The molecule has 0 amide bonds. The Labute approximate surface area is 156 Å². The van der Waals surface area contributed by atoms with Crippen molar-refractivity contribution in [3.8, 4) is 16.9 Å². The number of nitrogens with one attached hydrogen (secondary N) is 1. The Balaban J connectivity index is 1.63. The second-order valence-corrected chi connectivity index (χ2v) is 6.19. The largest absolute Gasteiger partial charge is 0.396 e. The van der Waals surface area contributed by atoms with E-state index in [-0.39, 0.29) is 5.56 Å². The quantitative estimate of drug-likeness (QED) is 0.548. The Kier molecular flexibility index (Phi) is 4.55. The van der Waals surface area contributed by atoms with Gasteiger partial charge in [-0.05, 0) is 24.1 Å². The molecule has 1 atom stereocenters. The Hall–Kier alpha value is -3.27. The molecule has 0 fully saturated rings. The van der Waals surface area contributed by atoms with Crippen LogP contribution in [-0.4, -0.2) is 47.6 Å². The number of pyridine rings is 2. The number of aliphatic hydroxyl groups excluding tert-OH is 1. The van der Waals surface area contributed by atoms with Crippen molar-refractivity contribution in [3.63, 3.8) is 0 Å². The van der Waals surface area contributed by atoms with E-state index in [4.69, 9.17) is 5.11 Å². The molecule has 0 spiro atoms. The van der Waals surface area contributed by atoms with E-state index in [1.165, 1.54) is 23.0 Å². The molecule has 0 bridgehead atoms. The minimum atomic E-state index is -4.44. The molecular formula is C18H15F3N6O. The van der Waals surface area contributed by atoms with Gasteiger partial charge in [0.2, 0.25) is 0 Å². The zero-order valence-electron chi connectivity index (χ0n) is 14.4. The van der Waals surface area contributed by atoms with Gasteiger partial charge in [-0.15, -0.1) is 0 Å². The molecule has 28 heavy (non-hydrogen) atoms. The molecule has 0 aliphatic rings. The van der Waals surface area contributed by atoms with Gasteiger partial charge in [0.15, 0.2) is 11.5 Å². The Morgan fingerprint density at radius 3 is 2.68 bits per heavy atom. The average Bonchev–Trinajstić information content (AvgIpc) is 3.34. The highest BCUT2D eigenvalue weighted by Gasteiger charge is 2.40. The number of aliphatic hydroxyl groups is 1. The van der Waals surface area contributed by atoms with Gasteiger partial charge in [0.25, 0.3) is 0 Å². The summed E-state index contributed by atoms with van der Waals surface area (Å²) in [7, 11) is 0. The van der Waals surface area contributed by atoms with Crippen molar-refractivity contribution >= 4 is 11.2 Å². The van der Waals surface area contributed by atoms with E-state index in [9.17, 15) is 13.2 Å². The summed E-state index contributed by atoms with van der Waals surface area (Å²) in [6, 6.07) is 4.65. The average molecular weight is 388 g/mol. The molecule has 0 radical (unpaired) electrons. The van der Waals surface area contributed by atoms with E-state index in [2.05, 4.69) is 25.0 Å². The van der Waals surface area contributed by atoms with Crippen molar-refractivity contribution in [1.29, 1.82) is 0 Å². The molecule has 0 saturated carbocycles. The van der Waals surface area contributed by atoms with E-state index in [1.807, 2.05) is 6.07 Å². The van der Waals surface area contributed by atoms with Crippen LogP contribution in [0.2, 0.25) is 0 Å². The number of halogens is 3. The molecule has 7 nitrogen and oxygen atoms in total. The van der Waals surface area contributed by atoms with Crippen LogP contribution >= 0.6 is 0 Å². The second-order valence-electron chi connectivity index (χ2n) is 6.19. The minimum Gasteiger partial charge on any atom is -0.396 e. The summed E-state index contributed by atoms with van der Waals surface area (Å²) in [6.45, 7) is -0.553. The van der Waals surface area contributed by atoms with Gasteiger partial charge in [0.1, 0.15) is 0 Å². The highest BCUT2D eigenvalue weighted by atomic mass is 19.4. The third-order valence-corrected chi connectivity index (χ3v) is 4.44. The van der Waals surface area contributed by atoms with Crippen LogP contribution in [0.4, 0.5) is 13.2 Å². The third kappa shape index (κ3) is 3.33. The number of alkyl halides is 3. The first-order chi connectivity index (χ1) is 13.5. The Morgan fingerprint density at radius 1 is 1.11 bits per heavy atom. The first kappa shape index (κ1) is 18.1. The fourth-order valence-corrected chi connectivity index (χ4v) is 3.06. The van der Waals surface area contributed by atoms with Crippen LogP contribution < -0.4 is 0 Å². The number of nitrogens with zero attached hydrogens (tertiary/aromatic N) is 5. The SMILES string of the molecule is OCCC(c1ccc(-n2cc(-c3ccnc4nc[nH]c34)cn2)nc1)C(F)(F)F. The predicted molar refractivity (Wildman–Crippen MR) is 94.7 cm³/mol. The molecule has 0 aliphatic heterocycles. The summed E-state index contributed by atoms with van der Waals surface area (Å²) >= 11 is 0. The summed E-state index contributed by atoms with van der Waals surface area (Å²) in [6.07, 6.45) is 2.88. The van der Waals surface area contributed by atoms with Gasteiger partial charge in [-0.1, -0.05) is 6.07 Å². The number of rotatable bonds is 5. The van der Waals surface area contributed by atoms with Crippen LogP contribution in [0.5, 0.6) is 0 Å². The van der Waals surface area contributed by atoms with E-state index in [0.29, 0.717) is 11.5 Å². The fraction of sp³-hybridized carbons (Fsp3) is 0.222. The molecule has 10 heteroatoms. The number of hydrogen-bond acceptors (Lipinski definition) is 5. The summed E-state index contributed by atoms with van der Waals surface area (Å²) in [5.74, 6) is -1.37. The zero-order chi connectivity index (χ0) is 19.7. The van der Waals surface area contributed by atoms with Crippen molar-refractivity contribution in [1.82, 2.24) is 29.7 Å². The topological polar surface area (TPSA) is 92.5 Å². The molecular weight excluding hydrogens is 373 g/mol. The first-order valence-corrected chi connectivity index (χ1v) is 8.44. The van der Waals surface area contributed by atoms with Crippen LogP contribution in [-0.2, 0) is 0 Å². The van der Waals surface area contributed by atoms with Crippen molar-refractivity contribution < 1.29 is 18.3 Å². The molecule has 0 aliphatic carbocycles. The van der Waals surface area contributed by atoms with Crippen LogP contribution in [0.15, 0.2) is 49.3 Å². The monoisotopic (exact) mass is 388 g/mol. The number of aromatic amines is 1. The minimum absolute atomic E-state index is 0.00554. The number of fused-ring (bicyclic) bond motifs is 1. The number of imidazole rings is 1. The molecule has 4 aromatic heterocycles. The van der Waals surface area contributed by atoms with Gasteiger partial charge in [-0.25, -0.2) is 19.6 Å². The van der Waals surface area contributed by atoms with Crippen molar-refractivity contribution in [2.45, 2.75) is 18.5 Å². The Morgan fingerprint density at radius 2 is 1.96 bits per heavy atom. The third-order valence-electron chi connectivity index (χ3n) is 4.44. The van der Waals surface area contributed by atoms with E-state index >= 15 is 0 Å². The first-order valence-electron chi connectivity index (χ1n) is 8.44. The highest BCUT2D eigenvalue weighted by Crippen LogP contribution is 2.37. The molecule has 4 heterocycles. The van der Waals surface area contributed by atoms with Crippen LogP contribution in [0.3, 0.4) is 0 Å². The molecule has 1 unspecified atom stereocenters. The number of aromatic nitrogens is 6. The molecule has 0 saturated heterocycles. The standard InChI is InChI=1S/C18H15F3N6O/c19-18(20,21)14(4-6-28)11-1-2-15(23-7-11)27-9-12(8-26-27)13-3-5-22-17-16(13)24-10-25-17/h1-3,5,7-10,14,28H,4,6H2,(H,22,24,25). The van der Waals surface area contributed by atoms with Crippen molar-refractivity contribution in [3.05, 3.63) is 54.9 Å². The maximum Gasteiger partial charge on any atom is 0.395 e. The smallest absolute Gasteiger partial charge is 0.395 e. The van der Waals surface area contributed by atoms with Crippen molar-refractivity contribution in [2.24, 2.45) is 0 Å². The van der Waals surface area contributed by atoms with E-state index < -0.39 is 25.1 Å². The summed E-state index contributed by atoms with van der Waals surface area (Å²) in [5.41, 5.74) is 2.99. The Bertz CT molecular complexity index is 1090. The summed E-state index contributed by atoms with van der Waals surface area (Å²) < 4.78 is 40.9. The summed E-state index contributed by atoms with van der Waals surface area (Å²) in [4.78, 5) is 15.4. The van der Waals surface area contributed by atoms with Crippen molar-refractivity contribution in [2.75, 3.05) is 6.61 Å². The zero-order valence-corrected chi connectivity index (χ0v) is 14.4. The normalized spacial score (nSPS) is 13.1. The van der Waals surface area contributed by atoms with Gasteiger partial charge in [-0.3, -0.25) is 0 Å². The second kappa shape index (κ2) is 7.04. The van der Waals surface area contributed by atoms with Gasteiger partial charge >= 0.3 is 6.18 Å². The lowest BCUT2D eigenvalue weighted by Crippen LogP contribution is -2.22.